The van der Waals surface area contributed by atoms with E-state index in [1.807, 2.05) is 12.1 Å². The number of nitro benzene ring substituents is 1. The number of nitrogens with one attached hydrogen (secondary N) is 1. The first kappa shape index (κ1) is 20.8. The number of anilines is 1. The van der Waals surface area contributed by atoms with Crippen LogP contribution in [0.2, 0.25) is 5.02 Å². The van der Waals surface area contributed by atoms with Gasteiger partial charge in [-0.3, -0.25) is 14.9 Å². The van der Waals surface area contributed by atoms with Crippen molar-refractivity contribution >= 4 is 35.1 Å². The molecule has 7 nitrogen and oxygen atoms in total. The number of carbonyl (C=O) groups excluding carboxylic acids is 1. The van der Waals surface area contributed by atoms with E-state index in [-0.39, 0.29) is 16.8 Å². The van der Waals surface area contributed by atoms with Crippen molar-refractivity contribution in [1.29, 1.82) is 0 Å². The van der Waals surface area contributed by atoms with Crippen molar-refractivity contribution in [3.8, 4) is 0 Å². The van der Waals surface area contributed by atoms with Crippen LogP contribution >= 0.6 is 11.6 Å². The van der Waals surface area contributed by atoms with Crippen LogP contribution in [0.25, 0.3) is 0 Å². The SMILES string of the molecule is C[C@@H]1CC(C)(C)N(C)c2cc(Cl)c(/C=N\NC(=O)c3cccc([N+](=O)[O-])c3)cc21. The minimum absolute atomic E-state index is 0.0393. The molecule has 0 unspecified atom stereocenters. The number of rotatable bonds is 4. The summed E-state index contributed by atoms with van der Waals surface area (Å²) in [6.45, 7) is 6.60. The number of non-ortho nitro benzene ring substituents is 1. The second-order valence-corrected chi connectivity index (χ2v) is 8.32. The van der Waals surface area contributed by atoms with E-state index in [9.17, 15) is 14.9 Å². The van der Waals surface area contributed by atoms with Gasteiger partial charge in [0.1, 0.15) is 0 Å². The summed E-state index contributed by atoms with van der Waals surface area (Å²) in [6.07, 6.45) is 2.50. The average Bonchev–Trinajstić information content (AvgIpc) is 2.66. The monoisotopic (exact) mass is 414 g/mol. The number of fused-ring (bicyclic) bond motifs is 1. The van der Waals surface area contributed by atoms with Gasteiger partial charge in [-0.05, 0) is 49.9 Å². The van der Waals surface area contributed by atoms with Crippen LogP contribution in [0.5, 0.6) is 0 Å². The summed E-state index contributed by atoms with van der Waals surface area (Å²) in [5.74, 6) is -0.172. The minimum Gasteiger partial charge on any atom is -0.369 e. The van der Waals surface area contributed by atoms with Crippen LogP contribution in [-0.4, -0.2) is 29.6 Å². The zero-order valence-corrected chi connectivity index (χ0v) is 17.5. The van der Waals surface area contributed by atoms with Crippen LogP contribution < -0.4 is 10.3 Å². The molecule has 0 aliphatic carbocycles. The second-order valence-electron chi connectivity index (χ2n) is 7.92. The number of benzene rings is 2. The summed E-state index contributed by atoms with van der Waals surface area (Å²) in [4.78, 5) is 24.7. The molecular formula is C21H23ClN4O3. The van der Waals surface area contributed by atoms with Gasteiger partial charge >= 0.3 is 0 Å². The summed E-state index contributed by atoms with van der Waals surface area (Å²) in [5.41, 5.74) is 5.41. The van der Waals surface area contributed by atoms with Gasteiger partial charge in [-0.15, -0.1) is 0 Å². The molecule has 1 heterocycles. The number of amides is 1. The van der Waals surface area contributed by atoms with Crippen molar-refractivity contribution in [2.24, 2.45) is 5.10 Å². The van der Waals surface area contributed by atoms with Gasteiger partial charge in [-0.1, -0.05) is 24.6 Å². The van der Waals surface area contributed by atoms with E-state index >= 15 is 0 Å². The molecule has 29 heavy (non-hydrogen) atoms. The highest BCUT2D eigenvalue weighted by Gasteiger charge is 2.34. The van der Waals surface area contributed by atoms with Gasteiger partial charge in [-0.25, -0.2) is 5.43 Å². The predicted molar refractivity (Wildman–Crippen MR) is 115 cm³/mol. The molecule has 152 valence electrons. The molecule has 8 heteroatoms. The molecule has 0 fully saturated rings. The lowest BCUT2D eigenvalue weighted by molar-refractivity contribution is -0.384. The second kappa shape index (κ2) is 7.83. The Morgan fingerprint density at radius 1 is 1.38 bits per heavy atom. The van der Waals surface area contributed by atoms with Gasteiger partial charge in [0.05, 0.1) is 16.2 Å². The number of hydrogen-bond donors (Lipinski definition) is 1. The summed E-state index contributed by atoms with van der Waals surface area (Å²) in [5, 5.41) is 15.4. The lowest BCUT2D eigenvalue weighted by Crippen LogP contribution is -2.45. The molecule has 1 N–H and O–H groups in total. The molecule has 0 spiro atoms. The molecule has 0 aromatic heterocycles. The average molecular weight is 415 g/mol. The van der Waals surface area contributed by atoms with E-state index in [0.29, 0.717) is 16.5 Å². The standard InChI is InChI=1S/C21H23ClN4O3/c1-13-11-21(2,3)25(4)19-10-18(22)15(9-17(13)19)12-23-24-20(27)14-6-5-7-16(8-14)26(28)29/h5-10,12-13H,11H2,1-4H3,(H,24,27)/b23-12-/t13-/m1/s1. The Hall–Kier alpha value is -2.93. The number of hydrogen-bond acceptors (Lipinski definition) is 5. The fourth-order valence-electron chi connectivity index (χ4n) is 3.69. The lowest BCUT2D eigenvalue weighted by atomic mass is 9.80. The van der Waals surface area contributed by atoms with Gasteiger partial charge in [0.25, 0.3) is 11.6 Å². The smallest absolute Gasteiger partial charge is 0.271 e. The van der Waals surface area contributed by atoms with Crippen molar-refractivity contribution in [2.45, 2.75) is 38.6 Å². The number of halogens is 1. The summed E-state index contributed by atoms with van der Waals surface area (Å²) in [7, 11) is 2.06. The quantitative estimate of drug-likeness (QED) is 0.445. The molecule has 2 aromatic carbocycles. The molecular weight excluding hydrogens is 392 g/mol. The zero-order chi connectivity index (χ0) is 21.3. The highest BCUT2D eigenvalue weighted by Crippen LogP contribution is 2.44. The third-order valence-electron chi connectivity index (χ3n) is 5.44. The number of nitrogens with zero attached hydrogens (tertiary/aromatic N) is 3. The van der Waals surface area contributed by atoms with E-state index < -0.39 is 10.8 Å². The Bertz CT molecular complexity index is 1000. The third kappa shape index (κ3) is 4.24. The first-order chi connectivity index (χ1) is 13.6. The largest absolute Gasteiger partial charge is 0.369 e. The van der Waals surface area contributed by atoms with Crippen molar-refractivity contribution in [3.63, 3.8) is 0 Å². The maximum absolute atomic E-state index is 12.2. The fourth-order valence-corrected chi connectivity index (χ4v) is 3.90. The van der Waals surface area contributed by atoms with Crippen LogP contribution in [-0.2, 0) is 0 Å². The summed E-state index contributed by atoms with van der Waals surface area (Å²) < 4.78 is 0. The molecule has 1 amide bonds. The maximum atomic E-state index is 12.2. The van der Waals surface area contributed by atoms with Crippen LogP contribution in [0.15, 0.2) is 41.5 Å². The van der Waals surface area contributed by atoms with Gasteiger partial charge in [-0.2, -0.15) is 5.10 Å². The molecule has 3 rings (SSSR count). The molecule has 1 atom stereocenters. The van der Waals surface area contributed by atoms with E-state index in [1.165, 1.54) is 36.0 Å². The first-order valence-electron chi connectivity index (χ1n) is 9.25. The molecule has 1 aliphatic heterocycles. The van der Waals surface area contributed by atoms with E-state index in [0.717, 1.165) is 12.1 Å². The highest BCUT2D eigenvalue weighted by molar-refractivity contribution is 6.33. The predicted octanol–water partition coefficient (Wildman–Crippen LogP) is 4.73. The van der Waals surface area contributed by atoms with Crippen LogP contribution in [0.3, 0.4) is 0 Å². The molecule has 0 bridgehead atoms. The first-order valence-corrected chi connectivity index (χ1v) is 9.63. The Morgan fingerprint density at radius 2 is 2.10 bits per heavy atom. The van der Waals surface area contributed by atoms with Crippen LogP contribution in [0.1, 0.15) is 54.6 Å². The van der Waals surface area contributed by atoms with Gasteiger partial charge in [0.15, 0.2) is 0 Å². The Labute approximate surface area is 174 Å². The van der Waals surface area contributed by atoms with Crippen molar-refractivity contribution < 1.29 is 9.72 Å². The summed E-state index contributed by atoms with van der Waals surface area (Å²) in [6, 6.07) is 9.40. The number of hydrazone groups is 1. The molecule has 2 aromatic rings. The zero-order valence-electron chi connectivity index (χ0n) is 16.8. The van der Waals surface area contributed by atoms with Crippen molar-refractivity contribution in [2.75, 3.05) is 11.9 Å². The fraction of sp³-hybridized carbons (Fsp3) is 0.333. The molecule has 1 aliphatic rings. The van der Waals surface area contributed by atoms with Gasteiger partial charge in [0.2, 0.25) is 0 Å². The molecule has 0 saturated heterocycles. The maximum Gasteiger partial charge on any atom is 0.271 e. The third-order valence-corrected chi connectivity index (χ3v) is 5.77. The van der Waals surface area contributed by atoms with Gasteiger partial charge < -0.3 is 4.90 Å². The number of nitro groups is 1. The minimum atomic E-state index is -0.549. The van der Waals surface area contributed by atoms with E-state index in [2.05, 4.69) is 43.2 Å². The Morgan fingerprint density at radius 3 is 2.79 bits per heavy atom. The topological polar surface area (TPSA) is 87.8 Å². The Kier molecular flexibility index (Phi) is 5.61. The normalized spacial score (nSPS) is 17.8. The highest BCUT2D eigenvalue weighted by atomic mass is 35.5. The van der Waals surface area contributed by atoms with E-state index in [1.54, 1.807) is 0 Å². The van der Waals surface area contributed by atoms with Crippen molar-refractivity contribution in [1.82, 2.24) is 5.43 Å². The lowest BCUT2D eigenvalue weighted by Gasteiger charge is -2.45. The van der Waals surface area contributed by atoms with Crippen LogP contribution in [0.4, 0.5) is 11.4 Å². The number of carbonyl (C=O) groups is 1. The molecule has 0 radical (unpaired) electrons. The van der Waals surface area contributed by atoms with Crippen molar-refractivity contribution in [3.05, 3.63) is 68.2 Å². The molecule has 0 saturated carbocycles. The van der Waals surface area contributed by atoms with E-state index in [4.69, 9.17) is 11.6 Å². The summed E-state index contributed by atoms with van der Waals surface area (Å²) >= 11 is 6.45. The van der Waals surface area contributed by atoms with Crippen LogP contribution in [0, 0.1) is 10.1 Å². The Balaban J connectivity index is 1.80. The van der Waals surface area contributed by atoms with Gasteiger partial charge in [0, 0.05) is 41.5 Å².